The summed E-state index contributed by atoms with van der Waals surface area (Å²) in [6, 6.07) is 11.8. The summed E-state index contributed by atoms with van der Waals surface area (Å²) in [5.41, 5.74) is 0.0613. The number of benzene rings is 2. The Hall–Kier alpha value is -3.28. The SMILES string of the molecule is COc1cccc(Oc2c(C)oc3cc(OC(=O)C4CCCCC4)ccc3c2=O)c1. The molecule has 0 amide bonds. The Labute approximate surface area is 174 Å². The molecule has 0 unspecified atom stereocenters. The van der Waals surface area contributed by atoms with Crippen LogP contribution >= 0.6 is 0 Å². The van der Waals surface area contributed by atoms with Gasteiger partial charge in [-0.3, -0.25) is 9.59 Å². The van der Waals surface area contributed by atoms with E-state index in [0.29, 0.717) is 34.0 Å². The molecule has 156 valence electrons. The molecular weight excluding hydrogens is 384 g/mol. The maximum Gasteiger partial charge on any atom is 0.314 e. The van der Waals surface area contributed by atoms with Gasteiger partial charge in [0.25, 0.3) is 0 Å². The number of ether oxygens (including phenoxy) is 3. The van der Waals surface area contributed by atoms with Crippen LogP contribution in [0.15, 0.2) is 51.7 Å². The van der Waals surface area contributed by atoms with Crippen LogP contribution in [0.5, 0.6) is 23.0 Å². The third-order valence-corrected chi connectivity index (χ3v) is 5.40. The van der Waals surface area contributed by atoms with E-state index in [9.17, 15) is 9.59 Å². The lowest BCUT2D eigenvalue weighted by Gasteiger charge is -2.19. The van der Waals surface area contributed by atoms with Crippen molar-refractivity contribution in [3.05, 3.63) is 58.4 Å². The summed E-state index contributed by atoms with van der Waals surface area (Å²) >= 11 is 0. The van der Waals surface area contributed by atoms with Crippen molar-refractivity contribution < 1.29 is 23.4 Å². The van der Waals surface area contributed by atoms with Crippen molar-refractivity contribution >= 4 is 16.9 Å². The van der Waals surface area contributed by atoms with Gasteiger partial charge in [-0.15, -0.1) is 0 Å². The van der Waals surface area contributed by atoms with Crippen molar-refractivity contribution in [3.63, 3.8) is 0 Å². The molecule has 3 aromatic rings. The fourth-order valence-electron chi connectivity index (χ4n) is 3.77. The summed E-state index contributed by atoms with van der Waals surface area (Å²) in [5.74, 6) is 1.66. The largest absolute Gasteiger partial charge is 0.497 e. The van der Waals surface area contributed by atoms with Gasteiger partial charge < -0.3 is 18.6 Å². The maximum atomic E-state index is 13.0. The van der Waals surface area contributed by atoms with E-state index >= 15 is 0 Å². The molecule has 0 atom stereocenters. The third-order valence-electron chi connectivity index (χ3n) is 5.40. The highest BCUT2D eigenvalue weighted by atomic mass is 16.5. The minimum Gasteiger partial charge on any atom is -0.497 e. The Morgan fingerprint density at radius 1 is 1.00 bits per heavy atom. The molecule has 30 heavy (non-hydrogen) atoms. The minimum absolute atomic E-state index is 0.0539. The Balaban J connectivity index is 1.60. The predicted molar refractivity (Wildman–Crippen MR) is 112 cm³/mol. The number of methoxy groups -OCH3 is 1. The van der Waals surface area contributed by atoms with Crippen LogP contribution in [0.25, 0.3) is 11.0 Å². The second-order valence-electron chi connectivity index (χ2n) is 7.51. The Morgan fingerprint density at radius 3 is 2.53 bits per heavy atom. The van der Waals surface area contributed by atoms with Crippen LogP contribution in [-0.4, -0.2) is 13.1 Å². The molecule has 0 spiro atoms. The topological polar surface area (TPSA) is 75.0 Å². The fraction of sp³-hybridized carbons (Fsp3) is 0.333. The molecule has 4 rings (SSSR count). The van der Waals surface area contributed by atoms with Crippen LogP contribution in [0, 0.1) is 12.8 Å². The van der Waals surface area contributed by atoms with E-state index in [4.69, 9.17) is 18.6 Å². The summed E-state index contributed by atoms with van der Waals surface area (Å²) in [7, 11) is 1.56. The molecule has 1 aliphatic rings. The summed E-state index contributed by atoms with van der Waals surface area (Å²) in [5, 5.41) is 0.357. The highest BCUT2D eigenvalue weighted by Gasteiger charge is 2.23. The number of carbonyl (C=O) groups is 1. The summed E-state index contributed by atoms with van der Waals surface area (Å²) < 4.78 is 22.4. The summed E-state index contributed by atoms with van der Waals surface area (Å²) in [4.78, 5) is 25.4. The second-order valence-corrected chi connectivity index (χ2v) is 7.51. The molecule has 6 nitrogen and oxygen atoms in total. The summed E-state index contributed by atoms with van der Waals surface area (Å²) in [6.45, 7) is 1.66. The molecular formula is C24H24O6. The van der Waals surface area contributed by atoms with E-state index in [0.717, 1.165) is 25.7 Å². The highest BCUT2D eigenvalue weighted by molar-refractivity contribution is 5.81. The van der Waals surface area contributed by atoms with E-state index in [2.05, 4.69) is 0 Å². The Kier molecular flexibility index (Phi) is 5.74. The van der Waals surface area contributed by atoms with Crippen molar-refractivity contribution in [2.45, 2.75) is 39.0 Å². The normalized spacial score (nSPS) is 14.5. The van der Waals surface area contributed by atoms with Crippen molar-refractivity contribution in [2.24, 2.45) is 5.92 Å². The van der Waals surface area contributed by atoms with Crippen LogP contribution in [0.3, 0.4) is 0 Å². The Bertz CT molecular complexity index is 1120. The average molecular weight is 408 g/mol. The molecule has 1 saturated carbocycles. The second kappa shape index (κ2) is 8.61. The van der Waals surface area contributed by atoms with Gasteiger partial charge in [0.15, 0.2) is 0 Å². The van der Waals surface area contributed by atoms with E-state index in [1.165, 1.54) is 6.42 Å². The zero-order valence-electron chi connectivity index (χ0n) is 17.1. The third kappa shape index (κ3) is 4.17. The zero-order valence-corrected chi connectivity index (χ0v) is 17.1. The Morgan fingerprint density at radius 2 is 1.77 bits per heavy atom. The quantitative estimate of drug-likeness (QED) is 0.416. The highest BCUT2D eigenvalue weighted by Crippen LogP contribution is 2.30. The van der Waals surface area contributed by atoms with Gasteiger partial charge >= 0.3 is 5.97 Å². The molecule has 6 heteroatoms. The van der Waals surface area contributed by atoms with Gasteiger partial charge in [0, 0.05) is 12.1 Å². The smallest absolute Gasteiger partial charge is 0.314 e. The molecule has 1 aromatic heterocycles. The van der Waals surface area contributed by atoms with E-state index in [1.807, 2.05) is 0 Å². The number of esters is 1. The van der Waals surface area contributed by atoms with Gasteiger partial charge in [-0.05, 0) is 44.0 Å². The van der Waals surface area contributed by atoms with Crippen LogP contribution < -0.4 is 19.6 Å². The van der Waals surface area contributed by atoms with Crippen LogP contribution in [0.4, 0.5) is 0 Å². The molecule has 1 aliphatic carbocycles. The van der Waals surface area contributed by atoms with Gasteiger partial charge in [0.05, 0.1) is 18.4 Å². The van der Waals surface area contributed by atoms with E-state index < -0.39 is 0 Å². The van der Waals surface area contributed by atoms with E-state index in [-0.39, 0.29) is 23.1 Å². The lowest BCUT2D eigenvalue weighted by atomic mass is 9.89. The first kappa shape index (κ1) is 20.0. The van der Waals surface area contributed by atoms with E-state index in [1.54, 1.807) is 56.5 Å². The standard InChI is InChI=1S/C24H24O6/c1-15-23(29-18-10-6-9-17(13-18)27-2)22(25)20-12-11-19(14-21(20)28-15)30-24(26)16-7-4-3-5-8-16/h6,9-14,16H,3-5,7-8H2,1-2H3. The molecule has 0 aliphatic heterocycles. The number of hydrogen-bond donors (Lipinski definition) is 0. The molecule has 0 radical (unpaired) electrons. The molecule has 0 N–H and O–H groups in total. The number of carbonyl (C=O) groups excluding carboxylic acids is 1. The number of hydrogen-bond acceptors (Lipinski definition) is 6. The predicted octanol–water partition coefficient (Wildman–Crippen LogP) is 5.39. The molecule has 2 aromatic carbocycles. The van der Waals surface area contributed by atoms with Gasteiger partial charge in [0.2, 0.25) is 11.2 Å². The number of rotatable bonds is 5. The average Bonchev–Trinajstić information content (AvgIpc) is 2.77. The van der Waals surface area contributed by atoms with Crippen molar-refractivity contribution in [1.82, 2.24) is 0 Å². The van der Waals surface area contributed by atoms with Gasteiger partial charge in [-0.25, -0.2) is 0 Å². The maximum absolute atomic E-state index is 13.0. The van der Waals surface area contributed by atoms with Crippen LogP contribution in [-0.2, 0) is 4.79 Å². The van der Waals surface area contributed by atoms with Gasteiger partial charge in [0.1, 0.15) is 28.6 Å². The number of fused-ring (bicyclic) bond motifs is 1. The number of aryl methyl sites for hydroxylation is 1. The zero-order chi connectivity index (χ0) is 21.1. The molecule has 0 saturated heterocycles. The monoisotopic (exact) mass is 408 g/mol. The van der Waals surface area contributed by atoms with Gasteiger partial charge in [-0.1, -0.05) is 25.3 Å². The fourth-order valence-corrected chi connectivity index (χ4v) is 3.77. The lowest BCUT2D eigenvalue weighted by molar-refractivity contribution is -0.139. The first-order chi connectivity index (χ1) is 14.5. The van der Waals surface area contributed by atoms with Gasteiger partial charge in [-0.2, -0.15) is 0 Å². The molecule has 1 fully saturated rings. The van der Waals surface area contributed by atoms with Crippen LogP contribution in [0.2, 0.25) is 0 Å². The summed E-state index contributed by atoms with van der Waals surface area (Å²) in [6.07, 6.45) is 5.02. The lowest BCUT2D eigenvalue weighted by Crippen LogP contribution is -2.22. The minimum atomic E-state index is -0.290. The van der Waals surface area contributed by atoms with Crippen molar-refractivity contribution in [1.29, 1.82) is 0 Å². The molecule has 1 heterocycles. The van der Waals surface area contributed by atoms with Crippen molar-refractivity contribution in [2.75, 3.05) is 7.11 Å². The first-order valence-electron chi connectivity index (χ1n) is 10.2. The van der Waals surface area contributed by atoms with Crippen molar-refractivity contribution in [3.8, 4) is 23.0 Å². The first-order valence-corrected chi connectivity index (χ1v) is 10.2. The van der Waals surface area contributed by atoms with Crippen LogP contribution in [0.1, 0.15) is 37.9 Å². The molecule has 0 bridgehead atoms.